The molecule has 2 heterocycles. The van der Waals surface area contributed by atoms with Crippen LogP contribution in [-0.4, -0.2) is 28.0 Å². The Morgan fingerprint density at radius 1 is 1.41 bits per heavy atom. The Bertz CT molecular complexity index is 672. The van der Waals surface area contributed by atoms with Crippen molar-refractivity contribution in [1.29, 1.82) is 0 Å². The molecule has 2 aliphatic rings. The first kappa shape index (κ1) is 14.4. The van der Waals surface area contributed by atoms with Crippen LogP contribution in [0.2, 0.25) is 0 Å². The van der Waals surface area contributed by atoms with Gasteiger partial charge in [-0.3, -0.25) is 0 Å². The minimum atomic E-state index is 0.205. The van der Waals surface area contributed by atoms with Crippen molar-refractivity contribution >= 4 is 15.9 Å². The van der Waals surface area contributed by atoms with Crippen molar-refractivity contribution in [2.24, 2.45) is 0 Å². The molecule has 116 valence electrons. The predicted molar refractivity (Wildman–Crippen MR) is 89.2 cm³/mol. The molecule has 0 spiro atoms. The Morgan fingerprint density at radius 3 is 2.86 bits per heavy atom. The fraction of sp³-hybridized carbons (Fsp3) is 0.471. The monoisotopic (exact) mass is 361 g/mol. The molecule has 22 heavy (non-hydrogen) atoms. The molecule has 0 radical (unpaired) electrons. The van der Waals surface area contributed by atoms with E-state index in [9.17, 15) is 0 Å². The van der Waals surface area contributed by atoms with Gasteiger partial charge in [0.05, 0.1) is 24.1 Å². The van der Waals surface area contributed by atoms with Crippen molar-refractivity contribution in [2.75, 3.05) is 6.61 Å². The van der Waals surface area contributed by atoms with Gasteiger partial charge in [0.2, 0.25) is 0 Å². The molecule has 2 fully saturated rings. The lowest BCUT2D eigenvalue weighted by Gasteiger charge is -2.27. The van der Waals surface area contributed by atoms with Gasteiger partial charge in [-0.25, -0.2) is 4.68 Å². The molecule has 2 aromatic rings. The third-order valence-corrected chi connectivity index (χ3v) is 5.43. The van der Waals surface area contributed by atoms with Gasteiger partial charge in [-0.05, 0) is 50.5 Å². The Balaban J connectivity index is 1.49. The highest BCUT2D eigenvalue weighted by Gasteiger charge is 2.45. The van der Waals surface area contributed by atoms with E-state index in [1.54, 1.807) is 0 Å². The molecule has 2 unspecified atom stereocenters. The second kappa shape index (κ2) is 5.48. The van der Waals surface area contributed by atoms with Gasteiger partial charge in [0, 0.05) is 28.3 Å². The van der Waals surface area contributed by atoms with Crippen molar-refractivity contribution < 1.29 is 4.74 Å². The molecule has 4 nitrogen and oxygen atoms in total. The number of hydrogen-bond acceptors (Lipinski definition) is 3. The molecule has 1 saturated heterocycles. The normalized spacial score (nSPS) is 26.7. The van der Waals surface area contributed by atoms with Crippen LogP contribution in [0, 0.1) is 6.92 Å². The first-order valence-electron chi connectivity index (χ1n) is 7.81. The zero-order valence-electron chi connectivity index (χ0n) is 12.7. The number of nitrogens with one attached hydrogen (secondary N) is 1. The van der Waals surface area contributed by atoms with Crippen LogP contribution in [0.25, 0.3) is 5.69 Å². The third-order valence-electron chi connectivity index (χ3n) is 4.90. The number of hydrogen-bond donors (Lipinski definition) is 1. The van der Waals surface area contributed by atoms with E-state index in [0.29, 0.717) is 6.10 Å². The van der Waals surface area contributed by atoms with E-state index < -0.39 is 0 Å². The smallest absolute Gasteiger partial charge is 0.0653 e. The zero-order chi connectivity index (χ0) is 15.2. The van der Waals surface area contributed by atoms with Gasteiger partial charge in [0.1, 0.15) is 0 Å². The summed E-state index contributed by atoms with van der Waals surface area (Å²) in [5.41, 5.74) is 3.63. The van der Waals surface area contributed by atoms with E-state index >= 15 is 0 Å². The maximum atomic E-state index is 5.77. The summed E-state index contributed by atoms with van der Waals surface area (Å²) in [6.07, 6.45) is 6.21. The first-order valence-corrected chi connectivity index (χ1v) is 8.61. The fourth-order valence-electron chi connectivity index (χ4n) is 3.52. The van der Waals surface area contributed by atoms with Crippen molar-refractivity contribution in [3.8, 4) is 5.69 Å². The van der Waals surface area contributed by atoms with E-state index in [1.807, 2.05) is 16.8 Å². The van der Waals surface area contributed by atoms with Crippen LogP contribution >= 0.6 is 15.9 Å². The SMILES string of the molecule is Cc1nn(-c2ccc(Br)cc2)cc1CNC12CCC(C1)OC2. The Hall–Kier alpha value is -1.17. The van der Waals surface area contributed by atoms with E-state index in [0.717, 1.165) is 35.4 Å². The number of nitrogens with zero attached hydrogens (tertiary/aromatic N) is 2. The number of benzene rings is 1. The molecule has 1 aliphatic heterocycles. The lowest BCUT2D eigenvalue weighted by molar-refractivity contribution is 0.0631. The summed E-state index contributed by atoms with van der Waals surface area (Å²) < 4.78 is 8.81. The average Bonchev–Trinajstić information content (AvgIpc) is 3.21. The lowest BCUT2D eigenvalue weighted by atomic mass is 9.99. The highest BCUT2D eigenvalue weighted by Crippen LogP contribution is 2.39. The topological polar surface area (TPSA) is 39.1 Å². The van der Waals surface area contributed by atoms with Crippen molar-refractivity contribution in [1.82, 2.24) is 15.1 Å². The van der Waals surface area contributed by atoms with Gasteiger partial charge < -0.3 is 10.1 Å². The van der Waals surface area contributed by atoms with Gasteiger partial charge in [0.25, 0.3) is 0 Å². The fourth-order valence-corrected chi connectivity index (χ4v) is 3.78. The molecule has 1 aliphatic carbocycles. The van der Waals surface area contributed by atoms with Crippen molar-refractivity contribution in [2.45, 2.75) is 44.4 Å². The number of aromatic nitrogens is 2. The molecule has 0 amide bonds. The van der Waals surface area contributed by atoms with Crippen molar-refractivity contribution in [3.63, 3.8) is 0 Å². The van der Waals surface area contributed by atoms with E-state index in [2.05, 4.69) is 51.6 Å². The molecule has 1 aromatic heterocycles. The third kappa shape index (κ3) is 2.62. The predicted octanol–water partition coefficient (Wildman–Crippen LogP) is 3.35. The van der Waals surface area contributed by atoms with Crippen LogP contribution in [-0.2, 0) is 11.3 Å². The Morgan fingerprint density at radius 2 is 2.23 bits per heavy atom. The standard InChI is InChI=1S/C17H20BrN3O/c1-12-13(9-19-17-7-6-16(8-17)22-11-17)10-21(20-12)15-4-2-14(18)3-5-15/h2-5,10,16,19H,6-9,11H2,1H3. The summed E-state index contributed by atoms with van der Waals surface area (Å²) in [6.45, 7) is 3.79. The zero-order valence-corrected chi connectivity index (χ0v) is 14.3. The number of halogens is 1. The first-order chi connectivity index (χ1) is 10.6. The highest BCUT2D eigenvalue weighted by molar-refractivity contribution is 9.10. The number of fused-ring (bicyclic) bond motifs is 2. The summed E-state index contributed by atoms with van der Waals surface area (Å²) in [6, 6.07) is 8.22. The molecule has 1 saturated carbocycles. The summed E-state index contributed by atoms with van der Waals surface area (Å²) in [4.78, 5) is 0. The van der Waals surface area contributed by atoms with Gasteiger partial charge in [-0.2, -0.15) is 5.10 Å². The van der Waals surface area contributed by atoms with Gasteiger partial charge >= 0.3 is 0 Å². The van der Waals surface area contributed by atoms with E-state index in [-0.39, 0.29) is 5.54 Å². The summed E-state index contributed by atoms with van der Waals surface area (Å²) in [7, 11) is 0. The number of rotatable bonds is 4. The molecule has 2 bridgehead atoms. The molecule has 1 aromatic carbocycles. The maximum Gasteiger partial charge on any atom is 0.0653 e. The van der Waals surface area contributed by atoms with Crippen LogP contribution in [0.15, 0.2) is 34.9 Å². The maximum absolute atomic E-state index is 5.77. The molecular formula is C17H20BrN3O. The van der Waals surface area contributed by atoms with Gasteiger partial charge in [0.15, 0.2) is 0 Å². The second-order valence-corrected chi connectivity index (χ2v) is 7.39. The van der Waals surface area contributed by atoms with Crippen LogP contribution in [0.3, 0.4) is 0 Å². The average molecular weight is 362 g/mol. The largest absolute Gasteiger partial charge is 0.376 e. The molecule has 1 N–H and O–H groups in total. The van der Waals surface area contributed by atoms with Gasteiger partial charge in [-0.1, -0.05) is 15.9 Å². The second-order valence-electron chi connectivity index (χ2n) is 6.47. The summed E-state index contributed by atoms with van der Waals surface area (Å²) in [5.74, 6) is 0. The number of ether oxygens (including phenoxy) is 1. The Kier molecular flexibility index (Phi) is 3.59. The van der Waals surface area contributed by atoms with Crippen LogP contribution in [0.1, 0.15) is 30.5 Å². The number of aryl methyl sites for hydroxylation is 1. The van der Waals surface area contributed by atoms with E-state index in [1.165, 1.54) is 18.4 Å². The molecule has 2 atom stereocenters. The minimum Gasteiger partial charge on any atom is -0.376 e. The summed E-state index contributed by atoms with van der Waals surface area (Å²) in [5, 5.41) is 8.38. The van der Waals surface area contributed by atoms with Crippen molar-refractivity contribution in [3.05, 3.63) is 46.2 Å². The lowest BCUT2D eigenvalue weighted by Crippen LogP contribution is -2.44. The summed E-state index contributed by atoms with van der Waals surface area (Å²) >= 11 is 3.47. The molecule has 5 heteroatoms. The van der Waals surface area contributed by atoms with Crippen LogP contribution in [0.5, 0.6) is 0 Å². The van der Waals surface area contributed by atoms with Gasteiger partial charge in [-0.15, -0.1) is 0 Å². The van der Waals surface area contributed by atoms with Crippen LogP contribution < -0.4 is 5.32 Å². The quantitative estimate of drug-likeness (QED) is 0.907. The molecular weight excluding hydrogens is 342 g/mol. The molecule has 4 rings (SSSR count). The Labute approximate surface area is 139 Å². The van der Waals surface area contributed by atoms with Crippen LogP contribution in [0.4, 0.5) is 0 Å². The minimum absolute atomic E-state index is 0.205. The van der Waals surface area contributed by atoms with E-state index in [4.69, 9.17) is 4.74 Å². The highest BCUT2D eigenvalue weighted by atomic mass is 79.9.